The summed E-state index contributed by atoms with van der Waals surface area (Å²) in [5.41, 5.74) is 1.54. The molecule has 0 atom stereocenters. The first-order valence-electron chi connectivity index (χ1n) is 7.63. The van der Waals surface area contributed by atoms with Crippen LogP contribution < -0.4 is 5.32 Å². The molecule has 0 aliphatic carbocycles. The number of rotatable bonds is 9. The third kappa shape index (κ3) is 5.86. The van der Waals surface area contributed by atoms with Gasteiger partial charge in [-0.2, -0.15) is 0 Å². The summed E-state index contributed by atoms with van der Waals surface area (Å²) in [6, 6.07) is 8.42. The van der Waals surface area contributed by atoms with E-state index in [-0.39, 0.29) is 19.1 Å². The smallest absolute Gasteiger partial charge is 0.217 e. The van der Waals surface area contributed by atoms with Crippen LogP contribution >= 0.6 is 0 Å². The third-order valence-electron chi connectivity index (χ3n) is 3.78. The summed E-state index contributed by atoms with van der Waals surface area (Å²) < 4.78 is 0. The molecule has 4 heteroatoms. The van der Waals surface area contributed by atoms with Gasteiger partial charge in [0.15, 0.2) is 0 Å². The highest BCUT2D eigenvalue weighted by Gasteiger charge is 2.29. The molecule has 4 nitrogen and oxygen atoms in total. The van der Waals surface area contributed by atoms with Crippen molar-refractivity contribution in [2.45, 2.75) is 51.5 Å². The van der Waals surface area contributed by atoms with Gasteiger partial charge in [0.05, 0.1) is 18.8 Å². The average Bonchev–Trinajstić information content (AvgIpc) is 2.50. The number of nitrogens with one attached hydrogen (secondary N) is 1. The number of hydrogen-bond donors (Lipinski definition) is 3. The predicted octanol–water partition coefficient (Wildman–Crippen LogP) is 1.82. The molecular formula is C17H27NO3. The van der Waals surface area contributed by atoms with Gasteiger partial charge in [-0.25, -0.2) is 0 Å². The highest BCUT2D eigenvalue weighted by Crippen LogP contribution is 2.16. The molecule has 0 saturated carbocycles. The van der Waals surface area contributed by atoms with Gasteiger partial charge in [0.1, 0.15) is 0 Å². The van der Waals surface area contributed by atoms with Crippen LogP contribution in [0.1, 0.15) is 44.2 Å². The summed E-state index contributed by atoms with van der Waals surface area (Å²) in [6.07, 6.45) is 4.69. The maximum absolute atomic E-state index is 11.2. The van der Waals surface area contributed by atoms with E-state index >= 15 is 0 Å². The van der Waals surface area contributed by atoms with Crippen molar-refractivity contribution in [2.24, 2.45) is 0 Å². The molecule has 1 aromatic rings. The lowest BCUT2D eigenvalue weighted by Crippen LogP contribution is -2.53. The summed E-state index contributed by atoms with van der Waals surface area (Å²) >= 11 is 0. The SMILES string of the molecule is CCCCc1ccc(CCC(CO)(CO)NC(C)=O)cc1. The van der Waals surface area contributed by atoms with Crippen LogP contribution in [-0.4, -0.2) is 34.9 Å². The van der Waals surface area contributed by atoms with E-state index in [2.05, 4.69) is 36.5 Å². The number of hydrogen-bond acceptors (Lipinski definition) is 3. The normalized spacial score (nSPS) is 11.4. The van der Waals surface area contributed by atoms with Crippen LogP contribution in [0.3, 0.4) is 0 Å². The molecule has 1 amide bonds. The third-order valence-corrected chi connectivity index (χ3v) is 3.78. The molecule has 0 aliphatic rings. The fourth-order valence-corrected chi connectivity index (χ4v) is 2.36. The summed E-state index contributed by atoms with van der Waals surface area (Å²) in [5.74, 6) is -0.243. The lowest BCUT2D eigenvalue weighted by atomic mass is 9.92. The molecule has 1 rings (SSSR count). The molecule has 0 spiro atoms. The summed E-state index contributed by atoms with van der Waals surface area (Å²) in [6.45, 7) is 3.04. The predicted molar refractivity (Wildman–Crippen MR) is 84.1 cm³/mol. The first-order valence-corrected chi connectivity index (χ1v) is 7.63. The van der Waals surface area contributed by atoms with Crippen LogP contribution in [0.2, 0.25) is 0 Å². The van der Waals surface area contributed by atoms with Crippen molar-refractivity contribution in [3.05, 3.63) is 35.4 Å². The molecule has 1 aromatic carbocycles. The molecule has 118 valence electrons. The quantitative estimate of drug-likeness (QED) is 0.650. The summed E-state index contributed by atoms with van der Waals surface area (Å²) in [4.78, 5) is 11.2. The van der Waals surface area contributed by atoms with Gasteiger partial charge in [0.25, 0.3) is 0 Å². The summed E-state index contributed by atoms with van der Waals surface area (Å²) in [5, 5.41) is 21.6. The van der Waals surface area contributed by atoms with Crippen LogP contribution in [0.15, 0.2) is 24.3 Å². The number of aryl methyl sites for hydroxylation is 2. The number of amides is 1. The minimum atomic E-state index is -0.938. The Morgan fingerprint density at radius 1 is 1.10 bits per heavy atom. The molecule has 0 heterocycles. The van der Waals surface area contributed by atoms with Gasteiger partial charge in [-0.3, -0.25) is 4.79 Å². The number of aliphatic hydroxyl groups is 2. The zero-order valence-corrected chi connectivity index (χ0v) is 13.1. The minimum absolute atomic E-state index is 0.243. The number of aliphatic hydroxyl groups excluding tert-OH is 2. The molecule has 21 heavy (non-hydrogen) atoms. The van der Waals surface area contributed by atoms with Crippen molar-refractivity contribution in [3.63, 3.8) is 0 Å². The van der Waals surface area contributed by atoms with Gasteiger partial charge in [-0.05, 0) is 36.8 Å². The number of benzene rings is 1. The van der Waals surface area contributed by atoms with Gasteiger partial charge in [0.2, 0.25) is 5.91 Å². The fraction of sp³-hybridized carbons (Fsp3) is 0.588. The highest BCUT2D eigenvalue weighted by molar-refractivity contribution is 5.73. The monoisotopic (exact) mass is 293 g/mol. The van der Waals surface area contributed by atoms with Crippen LogP contribution in [0, 0.1) is 0 Å². The van der Waals surface area contributed by atoms with Gasteiger partial charge >= 0.3 is 0 Å². The Morgan fingerprint density at radius 2 is 1.62 bits per heavy atom. The Morgan fingerprint density at radius 3 is 2.05 bits per heavy atom. The molecule has 0 saturated heterocycles. The second-order valence-electron chi connectivity index (χ2n) is 5.70. The first kappa shape index (κ1) is 17.7. The molecule has 0 fully saturated rings. The number of carbonyl (C=O) groups is 1. The van der Waals surface area contributed by atoms with Crippen molar-refractivity contribution in [3.8, 4) is 0 Å². The standard InChI is InChI=1S/C17H27NO3/c1-3-4-5-15-6-8-16(9-7-15)10-11-17(12-19,13-20)18-14(2)21/h6-9,19-20H,3-5,10-13H2,1-2H3,(H,18,21). The van der Waals surface area contributed by atoms with E-state index in [1.807, 2.05) is 0 Å². The van der Waals surface area contributed by atoms with Crippen molar-refractivity contribution in [1.29, 1.82) is 0 Å². The van der Waals surface area contributed by atoms with Crippen molar-refractivity contribution >= 4 is 5.91 Å². The van der Waals surface area contributed by atoms with Crippen LogP contribution in [-0.2, 0) is 17.6 Å². The highest BCUT2D eigenvalue weighted by atomic mass is 16.3. The fourth-order valence-electron chi connectivity index (χ4n) is 2.36. The van der Waals surface area contributed by atoms with Gasteiger partial charge in [0, 0.05) is 6.92 Å². The van der Waals surface area contributed by atoms with Crippen molar-refractivity contribution in [2.75, 3.05) is 13.2 Å². The van der Waals surface area contributed by atoms with E-state index in [9.17, 15) is 15.0 Å². The Labute approximate surface area is 127 Å². The summed E-state index contributed by atoms with van der Waals surface area (Å²) in [7, 11) is 0. The van der Waals surface area contributed by atoms with Gasteiger partial charge in [-0.15, -0.1) is 0 Å². The Bertz CT molecular complexity index is 424. The second kappa shape index (κ2) is 8.80. The van der Waals surface area contributed by atoms with E-state index in [1.165, 1.54) is 25.3 Å². The lowest BCUT2D eigenvalue weighted by Gasteiger charge is -2.30. The van der Waals surface area contributed by atoms with Gasteiger partial charge < -0.3 is 15.5 Å². The maximum Gasteiger partial charge on any atom is 0.217 e. The van der Waals surface area contributed by atoms with Crippen molar-refractivity contribution < 1.29 is 15.0 Å². The van der Waals surface area contributed by atoms with E-state index < -0.39 is 5.54 Å². The Kier molecular flexibility index (Phi) is 7.40. The zero-order valence-electron chi connectivity index (χ0n) is 13.1. The van der Waals surface area contributed by atoms with E-state index in [4.69, 9.17) is 0 Å². The number of carbonyl (C=O) groups excluding carboxylic acids is 1. The van der Waals surface area contributed by atoms with Gasteiger partial charge in [-0.1, -0.05) is 37.6 Å². The zero-order chi connectivity index (χ0) is 15.7. The molecule has 0 aliphatic heterocycles. The first-order chi connectivity index (χ1) is 10.0. The van der Waals surface area contributed by atoms with Crippen molar-refractivity contribution in [1.82, 2.24) is 5.32 Å². The Balaban J connectivity index is 2.61. The maximum atomic E-state index is 11.2. The van der Waals surface area contributed by atoms with E-state index in [1.54, 1.807) is 0 Å². The molecule has 0 aromatic heterocycles. The molecule has 0 unspecified atom stereocenters. The Hall–Kier alpha value is -1.39. The molecule has 3 N–H and O–H groups in total. The van der Waals surface area contributed by atoms with Crippen LogP contribution in [0.25, 0.3) is 0 Å². The van der Waals surface area contributed by atoms with Crippen LogP contribution in [0.4, 0.5) is 0 Å². The molecule has 0 bridgehead atoms. The van der Waals surface area contributed by atoms with E-state index in [0.29, 0.717) is 12.8 Å². The van der Waals surface area contributed by atoms with E-state index in [0.717, 1.165) is 12.0 Å². The second-order valence-corrected chi connectivity index (χ2v) is 5.70. The molecule has 0 radical (unpaired) electrons. The largest absolute Gasteiger partial charge is 0.394 e. The van der Waals surface area contributed by atoms with Crippen LogP contribution in [0.5, 0.6) is 0 Å². The minimum Gasteiger partial charge on any atom is -0.394 e. The molecular weight excluding hydrogens is 266 g/mol. The lowest BCUT2D eigenvalue weighted by molar-refractivity contribution is -0.122. The average molecular weight is 293 g/mol. The topological polar surface area (TPSA) is 69.6 Å². The number of unbranched alkanes of at least 4 members (excludes halogenated alkanes) is 1.